The summed E-state index contributed by atoms with van der Waals surface area (Å²) in [5.74, 6) is -2.12. The fraction of sp³-hybridized carbons (Fsp3) is 0.889. The summed E-state index contributed by atoms with van der Waals surface area (Å²) in [6.45, 7) is 5.70. The van der Waals surface area contributed by atoms with Gasteiger partial charge in [0, 0.05) is 19.8 Å². The Bertz CT molecular complexity index is 300. The topological polar surface area (TPSA) is 78.4 Å². The Morgan fingerprint density at radius 2 is 1.09 bits per heavy atom. The van der Waals surface area contributed by atoms with E-state index in [0.717, 1.165) is 38.5 Å². The fourth-order valence-electron chi connectivity index (χ4n) is 2.48. The minimum atomic E-state index is -1.67. The molecule has 0 saturated heterocycles. The maximum atomic E-state index is 11.8. The normalized spacial score (nSPS) is 11.3. The molecule has 0 atom stereocenters. The Hall–Kier alpha value is -1.10. The van der Waals surface area contributed by atoms with Gasteiger partial charge in [0.2, 0.25) is 17.7 Å². The quantitative estimate of drug-likeness (QED) is 0.337. The third kappa shape index (κ3) is 14.2. The summed E-state index contributed by atoms with van der Waals surface area (Å²) in [6, 6.07) is 0. The average Bonchev–Trinajstić information content (AvgIpc) is 2.45. The first kappa shape index (κ1) is 21.9. The molecule has 0 heterocycles. The van der Waals surface area contributed by atoms with Crippen LogP contribution in [0.3, 0.4) is 0 Å². The van der Waals surface area contributed by atoms with Crippen molar-refractivity contribution in [3.8, 4) is 0 Å². The minimum Gasteiger partial charge on any atom is -0.354 e. The fourth-order valence-corrected chi connectivity index (χ4v) is 2.48. The molecule has 0 aliphatic rings. The lowest BCUT2D eigenvalue weighted by Gasteiger charge is -2.26. The van der Waals surface area contributed by atoms with Crippen molar-refractivity contribution in [2.75, 3.05) is 0 Å². The van der Waals surface area contributed by atoms with Crippen molar-refractivity contribution < 1.29 is 14.7 Å². The van der Waals surface area contributed by atoms with Crippen molar-refractivity contribution in [2.24, 2.45) is 0 Å². The van der Waals surface area contributed by atoms with Crippen LogP contribution in [0.1, 0.15) is 97.8 Å². The molecular weight excluding hydrogens is 292 g/mol. The van der Waals surface area contributed by atoms with Gasteiger partial charge in [-0.2, -0.15) is 0 Å². The van der Waals surface area contributed by atoms with Crippen LogP contribution in [0.15, 0.2) is 0 Å². The molecule has 0 fully saturated rings. The van der Waals surface area contributed by atoms with Crippen molar-refractivity contribution in [2.45, 2.75) is 104 Å². The molecular formula is C18H36N2O3. The van der Waals surface area contributed by atoms with E-state index in [0.29, 0.717) is 12.8 Å². The van der Waals surface area contributed by atoms with Gasteiger partial charge in [-0.25, -0.2) is 0 Å². The maximum absolute atomic E-state index is 11.8. The van der Waals surface area contributed by atoms with Crippen LogP contribution >= 0.6 is 0 Å². The number of amides is 2. The molecule has 0 aromatic rings. The van der Waals surface area contributed by atoms with Gasteiger partial charge in [-0.1, -0.05) is 65.2 Å². The summed E-state index contributed by atoms with van der Waals surface area (Å²) in [4.78, 5) is 23.6. The molecule has 5 nitrogen and oxygen atoms in total. The number of nitrogens with one attached hydrogen (secondary N) is 2. The summed E-state index contributed by atoms with van der Waals surface area (Å²) in [5, 5.41) is 15.0. The van der Waals surface area contributed by atoms with E-state index in [1.807, 2.05) is 0 Å². The molecule has 0 spiro atoms. The zero-order valence-corrected chi connectivity index (χ0v) is 15.2. The van der Waals surface area contributed by atoms with Crippen LogP contribution in [0.25, 0.3) is 0 Å². The zero-order chi connectivity index (χ0) is 17.6. The Labute approximate surface area is 141 Å². The molecule has 0 bridgehead atoms. The van der Waals surface area contributed by atoms with Crippen LogP contribution in [0.4, 0.5) is 0 Å². The van der Waals surface area contributed by atoms with E-state index in [1.165, 1.54) is 32.6 Å². The zero-order valence-electron chi connectivity index (χ0n) is 15.2. The van der Waals surface area contributed by atoms with E-state index >= 15 is 0 Å². The molecule has 0 unspecified atom stereocenters. The minimum absolute atomic E-state index is 0.227. The molecule has 2 amide bonds. The average molecular weight is 328 g/mol. The standard InChI is InChI=1S/C18H36N2O3/c1-4-6-8-10-12-14-16(21)19-18(3,23)20-17(22)15-13-11-9-7-5-2/h23H,4-15H2,1-3H3,(H,19,21)(H,20,22). The van der Waals surface area contributed by atoms with Gasteiger partial charge in [-0.05, 0) is 12.8 Å². The largest absolute Gasteiger partial charge is 0.354 e. The van der Waals surface area contributed by atoms with Gasteiger partial charge in [-0.15, -0.1) is 0 Å². The van der Waals surface area contributed by atoms with E-state index < -0.39 is 5.85 Å². The van der Waals surface area contributed by atoms with Gasteiger partial charge >= 0.3 is 0 Å². The summed E-state index contributed by atoms with van der Waals surface area (Å²) >= 11 is 0. The van der Waals surface area contributed by atoms with E-state index in [4.69, 9.17) is 0 Å². The number of unbranched alkanes of at least 4 members (excludes halogenated alkanes) is 8. The number of hydrogen-bond acceptors (Lipinski definition) is 3. The Morgan fingerprint density at radius 1 is 0.739 bits per heavy atom. The summed E-state index contributed by atoms with van der Waals surface area (Å²) in [7, 11) is 0. The molecule has 0 radical (unpaired) electrons. The second kappa shape index (κ2) is 13.3. The summed E-state index contributed by atoms with van der Waals surface area (Å²) < 4.78 is 0. The molecule has 0 aromatic heterocycles. The highest BCUT2D eigenvalue weighted by Crippen LogP contribution is 2.07. The van der Waals surface area contributed by atoms with E-state index in [9.17, 15) is 14.7 Å². The van der Waals surface area contributed by atoms with Gasteiger partial charge < -0.3 is 15.7 Å². The lowest BCUT2D eigenvalue weighted by Crippen LogP contribution is -2.58. The van der Waals surface area contributed by atoms with E-state index in [2.05, 4.69) is 24.5 Å². The number of carbonyl (C=O) groups excluding carboxylic acids is 2. The second-order valence-corrected chi connectivity index (χ2v) is 6.50. The van der Waals surface area contributed by atoms with Crippen molar-refractivity contribution in [1.29, 1.82) is 0 Å². The molecule has 3 N–H and O–H groups in total. The first-order chi connectivity index (χ1) is 10.9. The van der Waals surface area contributed by atoms with Crippen molar-refractivity contribution >= 4 is 11.8 Å². The highest BCUT2D eigenvalue weighted by atomic mass is 16.3. The number of hydrogen-bond donors (Lipinski definition) is 3. The van der Waals surface area contributed by atoms with E-state index in [1.54, 1.807) is 0 Å². The monoisotopic (exact) mass is 328 g/mol. The maximum Gasteiger partial charge on any atom is 0.223 e. The molecule has 5 heteroatoms. The molecule has 0 aliphatic carbocycles. The van der Waals surface area contributed by atoms with Crippen LogP contribution in [0.5, 0.6) is 0 Å². The molecule has 0 aromatic carbocycles. The number of carbonyl (C=O) groups is 2. The summed E-state index contributed by atoms with van der Waals surface area (Å²) in [5.41, 5.74) is 0. The third-order valence-electron chi connectivity index (χ3n) is 3.78. The summed E-state index contributed by atoms with van der Waals surface area (Å²) in [6.07, 6.45) is 11.4. The predicted octanol–water partition coefficient (Wildman–Crippen LogP) is 3.61. The Morgan fingerprint density at radius 3 is 1.43 bits per heavy atom. The Balaban J connectivity index is 3.83. The first-order valence-corrected chi connectivity index (χ1v) is 9.25. The second-order valence-electron chi connectivity index (χ2n) is 6.50. The van der Waals surface area contributed by atoms with Crippen LogP contribution < -0.4 is 10.6 Å². The number of rotatable bonds is 14. The van der Waals surface area contributed by atoms with Crippen molar-refractivity contribution in [3.05, 3.63) is 0 Å². The van der Waals surface area contributed by atoms with Crippen LogP contribution in [-0.2, 0) is 9.59 Å². The molecule has 23 heavy (non-hydrogen) atoms. The molecule has 0 saturated carbocycles. The van der Waals surface area contributed by atoms with Gasteiger partial charge in [0.15, 0.2) is 0 Å². The lowest BCUT2D eigenvalue weighted by atomic mass is 10.1. The predicted molar refractivity (Wildman–Crippen MR) is 93.7 cm³/mol. The van der Waals surface area contributed by atoms with Crippen LogP contribution in [0, 0.1) is 0 Å². The number of aliphatic hydroxyl groups is 1. The Kier molecular flexibility index (Phi) is 12.7. The lowest BCUT2D eigenvalue weighted by molar-refractivity contribution is -0.136. The van der Waals surface area contributed by atoms with Crippen molar-refractivity contribution in [3.63, 3.8) is 0 Å². The van der Waals surface area contributed by atoms with Crippen LogP contribution in [0.2, 0.25) is 0 Å². The molecule has 0 aliphatic heterocycles. The smallest absolute Gasteiger partial charge is 0.223 e. The highest BCUT2D eigenvalue weighted by Gasteiger charge is 2.24. The van der Waals surface area contributed by atoms with Gasteiger partial charge in [-0.3, -0.25) is 9.59 Å². The third-order valence-corrected chi connectivity index (χ3v) is 3.78. The molecule has 0 rings (SSSR count). The van der Waals surface area contributed by atoms with Gasteiger partial charge in [0.25, 0.3) is 0 Å². The van der Waals surface area contributed by atoms with Crippen LogP contribution in [-0.4, -0.2) is 22.8 Å². The van der Waals surface area contributed by atoms with Gasteiger partial charge in [0.1, 0.15) is 0 Å². The van der Waals surface area contributed by atoms with Gasteiger partial charge in [0.05, 0.1) is 0 Å². The van der Waals surface area contributed by atoms with E-state index in [-0.39, 0.29) is 11.8 Å². The highest BCUT2D eigenvalue weighted by molar-refractivity contribution is 5.79. The molecule has 136 valence electrons. The SMILES string of the molecule is CCCCCCCC(=O)NC(C)(O)NC(=O)CCCCCCC. The first-order valence-electron chi connectivity index (χ1n) is 9.25. The van der Waals surface area contributed by atoms with Crippen molar-refractivity contribution in [1.82, 2.24) is 10.6 Å².